The molecule has 5 aromatic rings. The molecule has 174 valence electrons. The first-order valence-electron chi connectivity index (χ1n) is 11.8. The average Bonchev–Trinajstić information content (AvgIpc) is 3.52. The van der Waals surface area contributed by atoms with Crippen molar-refractivity contribution in [3.8, 4) is 5.69 Å². The number of carbonyl (C=O) groups is 1. The molecule has 0 N–H and O–H groups in total. The number of fused-ring (bicyclic) bond motifs is 4. The lowest BCUT2D eigenvalue weighted by atomic mass is 10.0. The molecule has 0 fully saturated rings. The molecule has 7 heteroatoms. The first kappa shape index (κ1) is 21.8. The Morgan fingerprint density at radius 2 is 1.80 bits per heavy atom. The molecule has 0 unspecified atom stereocenters. The van der Waals surface area contributed by atoms with Crippen molar-refractivity contribution < 1.29 is 4.79 Å². The zero-order chi connectivity index (χ0) is 24.1. The van der Waals surface area contributed by atoms with Gasteiger partial charge in [0.2, 0.25) is 5.78 Å². The standard InChI is InChI=1S/C28H24N4O2S/c1-17-7-5-12-23(18(17)2)31-26(34)22-10-3-4-11-24(22)32-27(31)29-30-28(32)35-16-25(33)21-14-13-19-8-6-9-20(19)15-21/h3-5,7,10-15H,6,8-9,16H2,1-2H3. The summed E-state index contributed by atoms with van der Waals surface area (Å²) in [7, 11) is 0. The van der Waals surface area contributed by atoms with Gasteiger partial charge in [0.15, 0.2) is 10.9 Å². The van der Waals surface area contributed by atoms with Gasteiger partial charge in [-0.15, -0.1) is 10.2 Å². The molecule has 35 heavy (non-hydrogen) atoms. The van der Waals surface area contributed by atoms with Gasteiger partial charge in [-0.2, -0.15) is 0 Å². The second kappa shape index (κ2) is 8.50. The van der Waals surface area contributed by atoms with Crippen LogP contribution in [0.1, 0.15) is 39.0 Å². The highest BCUT2D eigenvalue weighted by atomic mass is 32.2. The molecule has 3 aromatic carbocycles. The van der Waals surface area contributed by atoms with Crippen molar-refractivity contribution in [1.82, 2.24) is 19.2 Å². The second-order valence-electron chi connectivity index (χ2n) is 9.04. The molecule has 1 aliphatic carbocycles. The second-order valence-corrected chi connectivity index (χ2v) is 9.99. The van der Waals surface area contributed by atoms with Crippen LogP contribution in [0.15, 0.2) is 70.6 Å². The van der Waals surface area contributed by atoms with E-state index in [1.807, 2.05) is 72.8 Å². The van der Waals surface area contributed by atoms with Crippen LogP contribution in [0.4, 0.5) is 0 Å². The van der Waals surface area contributed by atoms with Gasteiger partial charge in [-0.3, -0.25) is 14.0 Å². The minimum Gasteiger partial charge on any atom is -0.293 e. The summed E-state index contributed by atoms with van der Waals surface area (Å²) in [6, 6.07) is 19.4. The fourth-order valence-corrected chi connectivity index (χ4v) is 5.76. The maximum atomic E-state index is 13.6. The van der Waals surface area contributed by atoms with Crippen molar-refractivity contribution in [1.29, 1.82) is 0 Å². The van der Waals surface area contributed by atoms with Gasteiger partial charge in [-0.25, -0.2) is 4.57 Å². The Labute approximate surface area is 206 Å². The summed E-state index contributed by atoms with van der Waals surface area (Å²) in [6.07, 6.45) is 3.29. The van der Waals surface area contributed by atoms with Crippen molar-refractivity contribution in [2.75, 3.05) is 5.75 Å². The number of hydrogen-bond donors (Lipinski definition) is 0. The maximum absolute atomic E-state index is 13.6. The number of aromatic nitrogens is 4. The highest BCUT2D eigenvalue weighted by Gasteiger charge is 2.20. The molecule has 1 aliphatic rings. The lowest BCUT2D eigenvalue weighted by Crippen LogP contribution is -2.22. The summed E-state index contributed by atoms with van der Waals surface area (Å²) < 4.78 is 3.52. The van der Waals surface area contributed by atoms with Gasteiger partial charge in [0.1, 0.15) is 0 Å². The molecular formula is C28H24N4O2S. The monoisotopic (exact) mass is 480 g/mol. The Hall–Kier alpha value is -3.71. The van der Waals surface area contributed by atoms with Gasteiger partial charge >= 0.3 is 0 Å². The zero-order valence-corrected chi connectivity index (χ0v) is 20.4. The van der Waals surface area contributed by atoms with E-state index in [4.69, 9.17) is 0 Å². The lowest BCUT2D eigenvalue weighted by Gasteiger charge is -2.14. The van der Waals surface area contributed by atoms with E-state index in [2.05, 4.69) is 16.3 Å². The van der Waals surface area contributed by atoms with Crippen LogP contribution in [0.3, 0.4) is 0 Å². The number of thioether (sulfide) groups is 1. The van der Waals surface area contributed by atoms with Crippen molar-refractivity contribution in [2.24, 2.45) is 0 Å². The van der Waals surface area contributed by atoms with Crippen LogP contribution in [0.2, 0.25) is 0 Å². The summed E-state index contributed by atoms with van der Waals surface area (Å²) in [5.41, 5.74) is 6.86. The summed E-state index contributed by atoms with van der Waals surface area (Å²) in [6.45, 7) is 4.03. The number of aryl methyl sites for hydroxylation is 3. The highest BCUT2D eigenvalue weighted by molar-refractivity contribution is 7.99. The van der Waals surface area contributed by atoms with E-state index in [1.54, 1.807) is 4.57 Å². The van der Waals surface area contributed by atoms with Crippen LogP contribution in [-0.2, 0) is 12.8 Å². The Morgan fingerprint density at radius 3 is 2.69 bits per heavy atom. The molecule has 0 spiro atoms. The Morgan fingerprint density at radius 1 is 0.971 bits per heavy atom. The summed E-state index contributed by atoms with van der Waals surface area (Å²) in [4.78, 5) is 26.6. The molecule has 6 rings (SSSR count). The van der Waals surface area contributed by atoms with E-state index in [1.165, 1.54) is 22.9 Å². The normalized spacial score (nSPS) is 13.0. The van der Waals surface area contributed by atoms with E-state index >= 15 is 0 Å². The predicted molar refractivity (Wildman–Crippen MR) is 139 cm³/mol. The molecule has 0 atom stereocenters. The van der Waals surface area contributed by atoms with Crippen LogP contribution >= 0.6 is 11.8 Å². The average molecular weight is 481 g/mol. The lowest BCUT2D eigenvalue weighted by molar-refractivity contribution is 0.102. The first-order valence-corrected chi connectivity index (χ1v) is 12.7. The first-order chi connectivity index (χ1) is 17.0. The van der Waals surface area contributed by atoms with Gasteiger partial charge in [0.25, 0.3) is 5.56 Å². The van der Waals surface area contributed by atoms with Crippen LogP contribution in [0.5, 0.6) is 0 Å². The smallest absolute Gasteiger partial charge is 0.267 e. The molecule has 0 radical (unpaired) electrons. The molecule has 6 nitrogen and oxygen atoms in total. The molecular weight excluding hydrogens is 456 g/mol. The quantitative estimate of drug-likeness (QED) is 0.258. The number of carbonyl (C=O) groups excluding carboxylic acids is 1. The van der Waals surface area contributed by atoms with Gasteiger partial charge in [0.05, 0.1) is 22.3 Å². The Bertz CT molecular complexity index is 1700. The third-order valence-electron chi connectivity index (χ3n) is 6.96. The number of benzene rings is 3. The number of hydrogen-bond acceptors (Lipinski definition) is 5. The van der Waals surface area contributed by atoms with Crippen molar-refractivity contribution >= 4 is 34.2 Å². The number of rotatable bonds is 5. The summed E-state index contributed by atoms with van der Waals surface area (Å²) >= 11 is 1.35. The molecule has 0 bridgehead atoms. The zero-order valence-electron chi connectivity index (χ0n) is 19.6. The topological polar surface area (TPSA) is 69.3 Å². The predicted octanol–water partition coefficient (Wildman–Crippen LogP) is 5.11. The van der Waals surface area contributed by atoms with Crippen LogP contribution < -0.4 is 5.56 Å². The third-order valence-corrected chi connectivity index (χ3v) is 7.89. The summed E-state index contributed by atoms with van der Waals surface area (Å²) in [5, 5.41) is 9.99. The minimum absolute atomic E-state index is 0.0635. The van der Waals surface area contributed by atoms with Crippen molar-refractivity contribution in [3.63, 3.8) is 0 Å². The van der Waals surface area contributed by atoms with E-state index < -0.39 is 0 Å². The van der Waals surface area contributed by atoms with E-state index in [-0.39, 0.29) is 17.1 Å². The van der Waals surface area contributed by atoms with Crippen molar-refractivity contribution in [3.05, 3.63) is 98.8 Å². The van der Waals surface area contributed by atoms with Gasteiger partial charge in [-0.05, 0) is 79.6 Å². The van der Waals surface area contributed by atoms with E-state index in [0.717, 1.165) is 47.2 Å². The Kier molecular flexibility index (Phi) is 5.29. The number of nitrogens with zero attached hydrogens (tertiary/aromatic N) is 4. The molecule has 2 heterocycles. The SMILES string of the molecule is Cc1cccc(-n2c(=O)c3ccccc3n3c(SCC(=O)c4ccc5c(c4)CCC5)nnc23)c1C. The minimum atomic E-state index is -0.139. The Balaban J connectivity index is 1.45. The molecule has 0 amide bonds. The van der Waals surface area contributed by atoms with E-state index in [9.17, 15) is 9.59 Å². The molecule has 2 aromatic heterocycles. The summed E-state index contributed by atoms with van der Waals surface area (Å²) in [5.74, 6) is 0.750. The van der Waals surface area contributed by atoms with E-state index in [0.29, 0.717) is 16.3 Å². The van der Waals surface area contributed by atoms with Gasteiger partial charge < -0.3 is 0 Å². The van der Waals surface area contributed by atoms with Crippen LogP contribution in [0.25, 0.3) is 22.4 Å². The fourth-order valence-electron chi connectivity index (χ4n) is 4.93. The largest absolute Gasteiger partial charge is 0.293 e. The molecule has 0 saturated carbocycles. The van der Waals surface area contributed by atoms with Crippen LogP contribution in [-0.4, -0.2) is 30.7 Å². The van der Waals surface area contributed by atoms with Gasteiger partial charge in [0, 0.05) is 5.56 Å². The maximum Gasteiger partial charge on any atom is 0.267 e. The highest BCUT2D eigenvalue weighted by Crippen LogP contribution is 2.27. The van der Waals surface area contributed by atoms with Crippen molar-refractivity contribution in [2.45, 2.75) is 38.3 Å². The molecule has 0 aliphatic heterocycles. The number of ketones is 1. The third kappa shape index (κ3) is 3.58. The molecule has 0 saturated heterocycles. The van der Waals surface area contributed by atoms with Crippen LogP contribution in [0, 0.1) is 13.8 Å². The number of Topliss-reactive ketones (excluding diaryl/α,β-unsaturated/α-hetero) is 1. The number of para-hydroxylation sites is 1. The van der Waals surface area contributed by atoms with Gasteiger partial charge in [-0.1, -0.05) is 48.2 Å². The fraction of sp³-hybridized carbons (Fsp3) is 0.214.